The van der Waals surface area contributed by atoms with Crippen molar-refractivity contribution in [3.8, 4) is 0 Å². The van der Waals surface area contributed by atoms with Crippen LogP contribution in [0.25, 0.3) is 0 Å². The zero-order chi connectivity index (χ0) is 39.5. The maximum atomic E-state index is 12.7. The standard InChI is InChI=1S/C36H52N8O8/c1-8-29(45)37-16-20-41(33(49)11-4)24-25-43(35(51)13-6)22-18-39-31(47)15-19-40(32(48)10-3)23-27-44(36(52)14-7)28-26-42(34(50)12-5)21-17-38-30(46)9-2/h8-14H,1-7,15-28H2,(H,37,45)(H,38,46)(H,39,47). The molecular weight excluding hydrogens is 672 g/mol. The Bertz CT molecular complexity index is 1360. The van der Waals surface area contributed by atoms with Gasteiger partial charge in [0.05, 0.1) is 0 Å². The SMILES string of the molecule is C=CC(=O)NCCN(CCN(CCNC(=O)CCN(CCN(CCN(CCNC(=O)C=C)C(=O)C=C)C(=O)C=C)C(=O)C=C)C(=O)C=C)C(=O)C=C. The quantitative estimate of drug-likeness (QED) is 0.0873. The molecule has 284 valence electrons. The number of hydrogen-bond donors (Lipinski definition) is 3. The van der Waals surface area contributed by atoms with Crippen molar-refractivity contribution in [3.63, 3.8) is 0 Å². The van der Waals surface area contributed by atoms with E-state index >= 15 is 0 Å². The number of carbonyl (C=O) groups excluding carboxylic acids is 8. The number of hydrogen-bond acceptors (Lipinski definition) is 8. The van der Waals surface area contributed by atoms with Crippen molar-refractivity contribution in [2.24, 2.45) is 0 Å². The molecule has 0 atom stereocenters. The molecule has 0 saturated heterocycles. The van der Waals surface area contributed by atoms with Crippen molar-refractivity contribution in [1.82, 2.24) is 40.4 Å². The highest BCUT2D eigenvalue weighted by atomic mass is 16.2. The molecule has 0 fully saturated rings. The lowest BCUT2D eigenvalue weighted by atomic mass is 10.3. The van der Waals surface area contributed by atoms with E-state index < -0.39 is 47.3 Å². The Hall–Kier alpha value is -6.06. The summed E-state index contributed by atoms with van der Waals surface area (Å²) in [5.74, 6) is -3.31. The summed E-state index contributed by atoms with van der Waals surface area (Å²) in [6.45, 7) is 25.6. The summed E-state index contributed by atoms with van der Waals surface area (Å²) < 4.78 is 0. The molecule has 52 heavy (non-hydrogen) atoms. The predicted molar refractivity (Wildman–Crippen MR) is 198 cm³/mol. The number of amides is 8. The summed E-state index contributed by atoms with van der Waals surface area (Å²) in [5, 5.41) is 7.86. The molecule has 0 bridgehead atoms. The largest absolute Gasteiger partial charge is 0.354 e. The Balaban J connectivity index is 5.26. The molecule has 0 aromatic carbocycles. The highest BCUT2D eigenvalue weighted by molar-refractivity contribution is 5.90. The molecule has 0 aliphatic heterocycles. The fraction of sp³-hybridized carbons (Fsp3) is 0.389. The van der Waals surface area contributed by atoms with Crippen molar-refractivity contribution >= 4 is 47.3 Å². The van der Waals surface area contributed by atoms with E-state index in [9.17, 15) is 38.4 Å². The highest BCUT2D eigenvalue weighted by Gasteiger charge is 2.20. The van der Waals surface area contributed by atoms with E-state index in [1.165, 1.54) is 24.5 Å². The van der Waals surface area contributed by atoms with Crippen LogP contribution in [-0.2, 0) is 38.4 Å². The average Bonchev–Trinajstić information content (AvgIpc) is 3.16. The summed E-state index contributed by atoms with van der Waals surface area (Å²) in [6.07, 6.45) is 7.68. The maximum absolute atomic E-state index is 12.7. The molecule has 8 amide bonds. The van der Waals surface area contributed by atoms with Crippen LogP contribution in [0.5, 0.6) is 0 Å². The topological polar surface area (TPSA) is 189 Å². The first-order chi connectivity index (χ1) is 24.8. The summed E-state index contributed by atoms with van der Waals surface area (Å²) >= 11 is 0. The minimum atomic E-state index is -0.467. The van der Waals surface area contributed by atoms with Gasteiger partial charge in [-0.1, -0.05) is 46.1 Å². The highest BCUT2D eigenvalue weighted by Crippen LogP contribution is 2.02. The van der Waals surface area contributed by atoms with Gasteiger partial charge in [0, 0.05) is 91.5 Å². The Morgan fingerprint density at radius 3 is 0.865 bits per heavy atom. The second-order valence-corrected chi connectivity index (χ2v) is 10.7. The van der Waals surface area contributed by atoms with Crippen molar-refractivity contribution < 1.29 is 38.4 Å². The van der Waals surface area contributed by atoms with E-state index in [1.807, 2.05) is 0 Å². The van der Waals surface area contributed by atoms with E-state index in [1.54, 1.807) is 0 Å². The Morgan fingerprint density at radius 2 is 0.596 bits per heavy atom. The molecule has 16 nitrogen and oxygen atoms in total. The fourth-order valence-corrected chi connectivity index (χ4v) is 4.46. The van der Waals surface area contributed by atoms with E-state index in [0.29, 0.717) is 0 Å². The summed E-state index contributed by atoms with van der Waals surface area (Å²) in [5.41, 5.74) is 0. The zero-order valence-electron chi connectivity index (χ0n) is 29.9. The molecule has 0 aliphatic carbocycles. The third kappa shape index (κ3) is 18.6. The molecule has 0 radical (unpaired) electrons. The molecular formula is C36H52N8O8. The van der Waals surface area contributed by atoms with Crippen LogP contribution < -0.4 is 16.0 Å². The van der Waals surface area contributed by atoms with Gasteiger partial charge in [0.2, 0.25) is 47.3 Å². The lowest BCUT2D eigenvalue weighted by Crippen LogP contribution is -2.46. The average molecular weight is 725 g/mol. The number of nitrogens with one attached hydrogen (secondary N) is 3. The third-order valence-corrected chi connectivity index (χ3v) is 7.40. The van der Waals surface area contributed by atoms with Gasteiger partial charge in [-0.15, -0.1) is 0 Å². The van der Waals surface area contributed by atoms with Gasteiger partial charge in [0.15, 0.2) is 0 Å². The summed E-state index contributed by atoms with van der Waals surface area (Å²) in [6, 6.07) is 0. The van der Waals surface area contributed by atoms with Crippen LogP contribution in [-0.4, -0.2) is 157 Å². The number of rotatable bonds is 28. The summed E-state index contributed by atoms with van der Waals surface area (Å²) in [7, 11) is 0. The van der Waals surface area contributed by atoms with Crippen LogP contribution >= 0.6 is 0 Å². The van der Waals surface area contributed by atoms with Crippen LogP contribution in [0.4, 0.5) is 0 Å². The van der Waals surface area contributed by atoms with Crippen molar-refractivity contribution in [3.05, 3.63) is 88.6 Å². The van der Waals surface area contributed by atoms with Crippen molar-refractivity contribution in [1.29, 1.82) is 0 Å². The molecule has 0 aliphatic rings. The van der Waals surface area contributed by atoms with Crippen LogP contribution in [0.1, 0.15) is 6.42 Å². The second-order valence-electron chi connectivity index (χ2n) is 10.7. The van der Waals surface area contributed by atoms with Gasteiger partial charge in [0.1, 0.15) is 0 Å². The van der Waals surface area contributed by atoms with Crippen molar-refractivity contribution in [2.75, 3.05) is 85.1 Å². The normalized spacial score (nSPS) is 9.85. The Labute approximate surface area is 305 Å². The molecule has 16 heteroatoms. The minimum Gasteiger partial charge on any atom is -0.354 e. The van der Waals surface area contributed by atoms with Gasteiger partial charge in [-0.25, -0.2) is 0 Å². The lowest BCUT2D eigenvalue weighted by molar-refractivity contribution is -0.132. The first-order valence-electron chi connectivity index (χ1n) is 16.5. The van der Waals surface area contributed by atoms with Gasteiger partial charge in [-0.2, -0.15) is 0 Å². The zero-order valence-corrected chi connectivity index (χ0v) is 29.9. The van der Waals surface area contributed by atoms with E-state index in [4.69, 9.17) is 0 Å². The smallest absolute Gasteiger partial charge is 0.246 e. The monoisotopic (exact) mass is 724 g/mol. The molecule has 0 aromatic rings. The van der Waals surface area contributed by atoms with Crippen LogP contribution in [0.3, 0.4) is 0 Å². The first-order valence-corrected chi connectivity index (χ1v) is 16.5. The molecule has 0 unspecified atom stereocenters. The molecule has 0 heterocycles. The lowest BCUT2D eigenvalue weighted by Gasteiger charge is -2.29. The van der Waals surface area contributed by atoms with Gasteiger partial charge in [-0.3, -0.25) is 38.4 Å². The number of nitrogens with zero attached hydrogens (tertiary/aromatic N) is 5. The van der Waals surface area contributed by atoms with Gasteiger partial charge in [0.25, 0.3) is 0 Å². The molecule has 0 saturated carbocycles. The minimum absolute atomic E-state index is 0.00674. The Kier molecular flexibility index (Phi) is 23.6. The van der Waals surface area contributed by atoms with Crippen molar-refractivity contribution in [2.45, 2.75) is 6.42 Å². The van der Waals surface area contributed by atoms with Crippen LogP contribution in [0.2, 0.25) is 0 Å². The third-order valence-electron chi connectivity index (χ3n) is 7.40. The maximum Gasteiger partial charge on any atom is 0.246 e. The first kappa shape index (κ1) is 45.9. The van der Waals surface area contributed by atoms with E-state index in [2.05, 4.69) is 62.0 Å². The fourth-order valence-electron chi connectivity index (χ4n) is 4.46. The number of carbonyl (C=O) groups is 8. The van der Waals surface area contributed by atoms with Gasteiger partial charge in [-0.05, 0) is 42.5 Å². The Morgan fingerprint density at radius 1 is 0.346 bits per heavy atom. The van der Waals surface area contributed by atoms with Crippen LogP contribution in [0.15, 0.2) is 88.6 Å². The predicted octanol–water partition coefficient (Wildman–Crippen LogP) is -0.830. The van der Waals surface area contributed by atoms with Gasteiger partial charge >= 0.3 is 0 Å². The van der Waals surface area contributed by atoms with Gasteiger partial charge < -0.3 is 40.4 Å². The molecule has 0 aromatic heterocycles. The molecule has 3 N–H and O–H groups in total. The molecule has 0 spiro atoms. The molecule has 0 rings (SSSR count). The van der Waals surface area contributed by atoms with E-state index in [-0.39, 0.29) is 91.5 Å². The van der Waals surface area contributed by atoms with E-state index in [0.717, 1.165) is 42.5 Å². The van der Waals surface area contributed by atoms with Crippen LogP contribution in [0, 0.1) is 0 Å². The summed E-state index contributed by atoms with van der Waals surface area (Å²) in [4.78, 5) is 105. The second kappa shape index (κ2) is 26.8.